The molecule has 2 fully saturated rings. The van der Waals surface area contributed by atoms with E-state index in [0.29, 0.717) is 31.1 Å². The average Bonchev–Trinajstić information content (AvgIpc) is 4.17. The van der Waals surface area contributed by atoms with E-state index >= 15 is 0 Å². The summed E-state index contributed by atoms with van der Waals surface area (Å²) >= 11 is 1.52. The van der Waals surface area contributed by atoms with E-state index in [1.165, 1.54) is 32.4 Å². The first-order valence-electron chi connectivity index (χ1n) is 20.7. The Morgan fingerprint density at radius 2 is 1.59 bits per heavy atom. The van der Waals surface area contributed by atoms with Crippen molar-refractivity contribution in [3.05, 3.63) is 139 Å². The zero-order chi connectivity index (χ0) is 46.1. The zero-order valence-electron chi connectivity index (χ0n) is 36.9. The number of rotatable bonds is 13. The molecule has 14 nitrogen and oxygen atoms in total. The Morgan fingerprint density at radius 1 is 0.952 bits per heavy atom. The van der Waals surface area contributed by atoms with Crippen LogP contribution in [0.1, 0.15) is 92.5 Å². The first-order valence-corrected chi connectivity index (χ1v) is 21.5. The van der Waals surface area contributed by atoms with Crippen LogP contribution in [0, 0.1) is 11.8 Å². The van der Waals surface area contributed by atoms with Gasteiger partial charge in [-0.2, -0.15) is 0 Å². The van der Waals surface area contributed by atoms with Gasteiger partial charge in [0, 0.05) is 34.0 Å². The largest absolute Gasteiger partial charge is 0.471 e. The first kappa shape index (κ1) is 50.7. The molecule has 334 valence electrons. The van der Waals surface area contributed by atoms with Crippen LogP contribution in [0.3, 0.4) is 0 Å². The molecule has 4 N–H and O–H groups in total. The number of benzene rings is 2. The van der Waals surface area contributed by atoms with Gasteiger partial charge in [0.2, 0.25) is 11.8 Å². The molecule has 2 aromatic heterocycles. The minimum atomic E-state index is -0.649. The predicted octanol–water partition coefficient (Wildman–Crippen LogP) is 8.20. The van der Waals surface area contributed by atoms with Gasteiger partial charge in [-0.05, 0) is 62.4 Å². The monoisotopic (exact) mass is 876 g/mol. The van der Waals surface area contributed by atoms with Crippen molar-refractivity contribution in [3.63, 3.8) is 0 Å². The molecule has 2 saturated heterocycles. The number of carbonyl (C=O) groups is 4. The summed E-state index contributed by atoms with van der Waals surface area (Å²) in [7, 11) is 4.38. The Balaban J connectivity index is 0.00000108. The molecule has 15 heteroatoms. The van der Waals surface area contributed by atoms with Crippen molar-refractivity contribution >= 4 is 36.1 Å². The van der Waals surface area contributed by atoms with Crippen molar-refractivity contribution in [1.29, 1.82) is 0 Å². The molecule has 0 saturated carbocycles. The van der Waals surface area contributed by atoms with Gasteiger partial charge in [0.15, 0.2) is 0 Å². The Kier molecular flexibility index (Phi) is 22.0. The number of aromatic amines is 2. The Labute approximate surface area is 375 Å². The van der Waals surface area contributed by atoms with Crippen molar-refractivity contribution in [1.82, 2.24) is 40.4 Å². The maximum Gasteiger partial charge on any atom is 0.407 e. The van der Waals surface area contributed by atoms with Crippen LogP contribution >= 0.6 is 11.8 Å². The van der Waals surface area contributed by atoms with E-state index in [4.69, 9.17) is 4.79 Å². The number of aromatic nitrogens is 4. The van der Waals surface area contributed by atoms with Gasteiger partial charge in [-0.15, -0.1) is 13.2 Å². The Hall–Kier alpha value is -6.63. The minimum Gasteiger partial charge on any atom is -0.471 e. The predicted molar refractivity (Wildman–Crippen MR) is 249 cm³/mol. The highest BCUT2D eigenvalue weighted by Crippen LogP contribution is 2.36. The number of alkyl carbamates (subject to hydrolysis) is 1. The fourth-order valence-corrected chi connectivity index (χ4v) is 7.77. The third kappa shape index (κ3) is 14.5. The summed E-state index contributed by atoms with van der Waals surface area (Å²) < 4.78 is 8.46. The third-order valence-corrected chi connectivity index (χ3v) is 10.7. The number of likely N-dealkylation sites (tertiary alicyclic amines) is 2. The summed E-state index contributed by atoms with van der Waals surface area (Å²) in [5.41, 5.74) is 4.08. The highest BCUT2D eigenvalue weighted by atomic mass is 32.2. The number of ether oxygens (including phenoxy) is 2. The summed E-state index contributed by atoms with van der Waals surface area (Å²) in [6.45, 7) is 19.5. The van der Waals surface area contributed by atoms with Crippen molar-refractivity contribution < 1.29 is 28.7 Å². The number of nitrogens with zero attached hydrogens (tertiary/aromatic N) is 4. The van der Waals surface area contributed by atoms with Gasteiger partial charge in [0.1, 0.15) is 29.9 Å². The summed E-state index contributed by atoms with van der Waals surface area (Å²) in [5, 5.41) is 5.66. The van der Waals surface area contributed by atoms with Gasteiger partial charge in [-0.1, -0.05) is 99.7 Å². The maximum atomic E-state index is 13.7. The standard InChI is InChI=1S/C41H44N8O4S.C3H8.C2H4O2.C2H4/c1-5-12-31(6-2)54-35-23-29(32-25-44-39(47-32)33-15-10-21-48(33)36(50)26-45-41(52)53-4)18-17-27(35)19-20-30-24-43-38(46-30)34-16-11-22-49(34)40(51)37(42-3)28-13-8-7-9-14-28;1-3-2;1-4-2-3;1-2/h5-9,12-14,17-18,23-25,33-34,37,42H,1-2,10-11,15-16,21-22,26H2,3-4H3,(H,43,46)(H,44,47)(H,45,52);3H2,1-2H3;2H,1H3;1-2H2/b31-12+;;;/t33-,34?,37+;;;/m0.../s1. The summed E-state index contributed by atoms with van der Waals surface area (Å²) in [4.78, 5) is 68.7. The molecule has 2 aromatic carbocycles. The van der Waals surface area contributed by atoms with Gasteiger partial charge in [-0.25, -0.2) is 14.8 Å². The smallest absolute Gasteiger partial charge is 0.407 e. The molecule has 0 radical (unpaired) electrons. The Morgan fingerprint density at radius 3 is 2.21 bits per heavy atom. The molecule has 0 aliphatic carbocycles. The van der Waals surface area contributed by atoms with E-state index in [1.807, 2.05) is 60.5 Å². The SMILES string of the molecule is C=C.C=C/C=C(\C=C)Sc1cc(-c2cnc([C@@H]3CCCN3C(=O)CNC(=O)OC)[nH]2)ccc1C#Cc1cnc(C2CCCN2C(=O)[C@H](NC)c2ccccc2)[nH]1.CCC.COC=O. The summed E-state index contributed by atoms with van der Waals surface area (Å²) in [6.07, 6.45) is 12.8. The number of thioether (sulfide) groups is 1. The van der Waals surface area contributed by atoms with Crippen LogP contribution in [0.25, 0.3) is 11.3 Å². The lowest BCUT2D eigenvalue weighted by Gasteiger charge is -2.28. The molecule has 0 spiro atoms. The number of nitrogens with one attached hydrogen (secondary N) is 4. The van der Waals surface area contributed by atoms with Crippen LogP contribution in [-0.2, 0) is 23.9 Å². The highest BCUT2D eigenvalue weighted by Gasteiger charge is 2.36. The molecule has 3 atom stereocenters. The second-order valence-corrected chi connectivity index (χ2v) is 15.0. The van der Waals surface area contributed by atoms with Gasteiger partial charge < -0.3 is 39.9 Å². The molecule has 63 heavy (non-hydrogen) atoms. The van der Waals surface area contributed by atoms with Gasteiger partial charge in [-0.3, -0.25) is 14.4 Å². The van der Waals surface area contributed by atoms with E-state index < -0.39 is 12.1 Å². The molecule has 1 unspecified atom stereocenters. The quantitative estimate of drug-likeness (QED) is 0.0337. The molecular formula is C48H60N8O6S. The normalized spacial score (nSPS) is 15.6. The first-order chi connectivity index (χ1) is 30.7. The lowest BCUT2D eigenvalue weighted by atomic mass is 10.1. The number of likely N-dealkylation sites (N-methyl/N-ethyl adjacent to an activating group) is 1. The molecule has 2 aliphatic heterocycles. The molecule has 3 amide bonds. The fraction of sp³-hybridized carbons (Fsp3) is 0.333. The van der Waals surface area contributed by atoms with Crippen molar-refractivity contribution in [2.24, 2.45) is 0 Å². The molecular weight excluding hydrogens is 817 g/mol. The lowest BCUT2D eigenvalue weighted by Crippen LogP contribution is -2.40. The molecule has 0 bridgehead atoms. The number of amides is 3. The number of hydrogen-bond acceptors (Lipinski definition) is 10. The fourth-order valence-electron chi connectivity index (χ4n) is 6.85. The van der Waals surface area contributed by atoms with Crippen LogP contribution in [0.15, 0.2) is 115 Å². The van der Waals surface area contributed by atoms with E-state index in [9.17, 15) is 14.4 Å². The minimum absolute atomic E-state index is 0.0222. The maximum absolute atomic E-state index is 13.7. The second-order valence-electron chi connectivity index (χ2n) is 13.9. The second kappa shape index (κ2) is 27.3. The van der Waals surface area contributed by atoms with Crippen LogP contribution in [0.5, 0.6) is 0 Å². The van der Waals surface area contributed by atoms with E-state index in [2.05, 4.69) is 98.1 Å². The van der Waals surface area contributed by atoms with E-state index in [-0.39, 0.29) is 30.4 Å². The highest BCUT2D eigenvalue weighted by molar-refractivity contribution is 8.03. The third-order valence-electron chi connectivity index (χ3n) is 9.60. The topological polar surface area (TPSA) is 175 Å². The Bertz CT molecular complexity index is 2210. The van der Waals surface area contributed by atoms with E-state index in [1.54, 1.807) is 29.4 Å². The molecule has 4 heterocycles. The molecule has 4 aromatic rings. The number of hydrogen-bond donors (Lipinski definition) is 4. The van der Waals surface area contributed by atoms with Crippen molar-refractivity contribution in [3.8, 4) is 23.1 Å². The zero-order valence-corrected chi connectivity index (χ0v) is 37.8. The van der Waals surface area contributed by atoms with Crippen LogP contribution in [0.2, 0.25) is 0 Å². The molecule has 6 rings (SSSR count). The number of allylic oxidation sites excluding steroid dienone is 3. The van der Waals surface area contributed by atoms with Crippen LogP contribution < -0.4 is 10.6 Å². The number of methoxy groups -OCH3 is 2. The average molecular weight is 877 g/mol. The van der Waals surface area contributed by atoms with Crippen LogP contribution in [0.4, 0.5) is 4.79 Å². The van der Waals surface area contributed by atoms with Crippen molar-refractivity contribution in [2.75, 3.05) is 40.9 Å². The van der Waals surface area contributed by atoms with Gasteiger partial charge in [0.25, 0.3) is 6.47 Å². The number of H-pyrrole nitrogens is 2. The van der Waals surface area contributed by atoms with Gasteiger partial charge in [0.05, 0.1) is 44.4 Å². The van der Waals surface area contributed by atoms with Crippen molar-refractivity contribution in [2.45, 2.75) is 69.0 Å². The summed E-state index contributed by atoms with van der Waals surface area (Å²) in [5.74, 6) is 7.82. The van der Waals surface area contributed by atoms with Gasteiger partial charge >= 0.3 is 6.09 Å². The summed E-state index contributed by atoms with van der Waals surface area (Å²) in [6, 6.07) is 14.9. The number of imidazole rings is 2. The number of carbonyl (C=O) groups excluding carboxylic acids is 4. The lowest BCUT2D eigenvalue weighted by molar-refractivity contribution is -0.134. The van der Waals surface area contributed by atoms with E-state index in [0.717, 1.165) is 63.7 Å². The van der Waals surface area contributed by atoms with Crippen LogP contribution in [-0.4, -0.2) is 95.0 Å². The molecule has 2 aliphatic rings.